The Bertz CT molecular complexity index is 257. The molecule has 0 spiro atoms. The molecular formula is C15H29NO2S. The van der Waals surface area contributed by atoms with Crippen molar-refractivity contribution >= 4 is 23.3 Å². The Balaban J connectivity index is 3.36. The zero-order chi connectivity index (χ0) is 14.5. The van der Waals surface area contributed by atoms with E-state index >= 15 is 0 Å². The number of rotatable bonds is 10. The van der Waals surface area contributed by atoms with Crippen LogP contribution in [0.2, 0.25) is 0 Å². The molecule has 0 aliphatic carbocycles. The summed E-state index contributed by atoms with van der Waals surface area (Å²) in [6.45, 7) is 5.67. The van der Waals surface area contributed by atoms with E-state index in [-0.39, 0.29) is 17.2 Å². The van der Waals surface area contributed by atoms with Crippen molar-refractivity contribution in [3.63, 3.8) is 0 Å². The van der Waals surface area contributed by atoms with Crippen molar-refractivity contribution in [3.05, 3.63) is 0 Å². The summed E-state index contributed by atoms with van der Waals surface area (Å²) >= 11 is 4.91. The molecule has 0 aromatic heterocycles. The standard InChI is InChI=1S/C15H29NO2S/c1-4-5-6-7-8-9-10-11-12-13(2)18-15(19)16-14(3)17/h13H,4-12H2,1-3H3,(H,16,17,19). The topological polar surface area (TPSA) is 38.3 Å². The van der Waals surface area contributed by atoms with Crippen molar-refractivity contribution in [1.29, 1.82) is 0 Å². The average Bonchev–Trinajstić information content (AvgIpc) is 2.31. The second-order valence-electron chi connectivity index (χ2n) is 5.16. The van der Waals surface area contributed by atoms with E-state index in [1.54, 1.807) is 0 Å². The van der Waals surface area contributed by atoms with Gasteiger partial charge in [-0.3, -0.25) is 10.1 Å². The Labute approximate surface area is 123 Å². The van der Waals surface area contributed by atoms with E-state index in [1.165, 1.54) is 51.9 Å². The van der Waals surface area contributed by atoms with Crippen LogP contribution < -0.4 is 5.32 Å². The molecule has 1 N–H and O–H groups in total. The number of ether oxygens (including phenoxy) is 1. The van der Waals surface area contributed by atoms with Gasteiger partial charge in [0.2, 0.25) is 5.91 Å². The van der Waals surface area contributed by atoms with Gasteiger partial charge >= 0.3 is 0 Å². The van der Waals surface area contributed by atoms with Gasteiger partial charge in [0.05, 0.1) is 6.10 Å². The second-order valence-corrected chi connectivity index (χ2v) is 5.53. The molecule has 1 unspecified atom stereocenters. The van der Waals surface area contributed by atoms with Gasteiger partial charge < -0.3 is 4.74 Å². The summed E-state index contributed by atoms with van der Waals surface area (Å²) in [5.74, 6) is -0.177. The molecule has 112 valence electrons. The maximum atomic E-state index is 10.8. The van der Waals surface area contributed by atoms with E-state index in [9.17, 15) is 4.79 Å². The van der Waals surface area contributed by atoms with E-state index in [4.69, 9.17) is 17.0 Å². The monoisotopic (exact) mass is 287 g/mol. The van der Waals surface area contributed by atoms with Gasteiger partial charge in [-0.25, -0.2) is 0 Å². The highest BCUT2D eigenvalue weighted by Gasteiger charge is 2.06. The van der Waals surface area contributed by atoms with Gasteiger partial charge in [0.1, 0.15) is 0 Å². The molecule has 1 atom stereocenters. The molecule has 0 heterocycles. The van der Waals surface area contributed by atoms with Crippen LogP contribution in [0.5, 0.6) is 0 Å². The average molecular weight is 287 g/mol. The smallest absolute Gasteiger partial charge is 0.263 e. The van der Waals surface area contributed by atoms with Gasteiger partial charge in [-0.15, -0.1) is 0 Å². The molecular weight excluding hydrogens is 258 g/mol. The number of carbonyl (C=O) groups excluding carboxylic acids is 1. The van der Waals surface area contributed by atoms with Crippen molar-refractivity contribution in [1.82, 2.24) is 5.32 Å². The first-order chi connectivity index (χ1) is 9.06. The molecule has 1 amide bonds. The summed E-state index contributed by atoms with van der Waals surface area (Å²) in [6, 6.07) is 0. The van der Waals surface area contributed by atoms with Crippen LogP contribution in [0.25, 0.3) is 0 Å². The van der Waals surface area contributed by atoms with Crippen molar-refractivity contribution in [3.8, 4) is 0 Å². The van der Waals surface area contributed by atoms with E-state index in [2.05, 4.69) is 12.2 Å². The van der Waals surface area contributed by atoms with Crippen molar-refractivity contribution in [2.45, 2.75) is 84.7 Å². The fourth-order valence-electron chi connectivity index (χ4n) is 1.98. The van der Waals surface area contributed by atoms with Gasteiger partial charge in [-0.1, -0.05) is 51.9 Å². The largest absolute Gasteiger partial charge is 0.468 e. The number of hydrogen-bond acceptors (Lipinski definition) is 3. The Hall–Kier alpha value is -0.640. The number of carbonyl (C=O) groups is 1. The van der Waals surface area contributed by atoms with E-state index in [1.807, 2.05) is 6.92 Å². The summed E-state index contributed by atoms with van der Waals surface area (Å²) < 4.78 is 5.42. The molecule has 4 heteroatoms. The Morgan fingerprint density at radius 2 is 1.63 bits per heavy atom. The molecule has 0 aromatic carbocycles. The maximum absolute atomic E-state index is 10.8. The minimum atomic E-state index is -0.177. The lowest BCUT2D eigenvalue weighted by atomic mass is 10.1. The van der Waals surface area contributed by atoms with Crippen LogP contribution >= 0.6 is 12.2 Å². The molecule has 0 aromatic rings. The maximum Gasteiger partial charge on any atom is 0.263 e. The molecule has 0 bridgehead atoms. The van der Waals surface area contributed by atoms with Crippen LogP contribution in [0.4, 0.5) is 0 Å². The van der Waals surface area contributed by atoms with Gasteiger partial charge in [0, 0.05) is 6.92 Å². The normalized spacial score (nSPS) is 11.9. The Kier molecular flexibility index (Phi) is 12.0. The predicted molar refractivity (Wildman–Crippen MR) is 84.2 cm³/mol. The molecule has 0 saturated heterocycles. The summed E-state index contributed by atoms with van der Waals surface area (Å²) in [5, 5.41) is 2.67. The molecule has 0 rings (SSSR count). The lowest BCUT2D eigenvalue weighted by Crippen LogP contribution is -2.31. The number of amides is 1. The lowest BCUT2D eigenvalue weighted by molar-refractivity contribution is -0.117. The summed E-state index contributed by atoms with van der Waals surface area (Å²) in [4.78, 5) is 10.8. The van der Waals surface area contributed by atoms with Gasteiger partial charge in [-0.05, 0) is 32.0 Å². The summed E-state index contributed by atoms with van der Waals surface area (Å²) in [6.07, 6.45) is 11.6. The van der Waals surface area contributed by atoms with Crippen molar-refractivity contribution in [2.24, 2.45) is 0 Å². The van der Waals surface area contributed by atoms with Crippen molar-refractivity contribution < 1.29 is 9.53 Å². The number of unbranched alkanes of at least 4 members (excludes halogenated alkanes) is 7. The third-order valence-electron chi connectivity index (χ3n) is 3.05. The minimum absolute atomic E-state index is 0.0828. The van der Waals surface area contributed by atoms with Crippen LogP contribution in [-0.2, 0) is 9.53 Å². The third-order valence-corrected chi connectivity index (χ3v) is 3.25. The Morgan fingerprint density at radius 3 is 2.16 bits per heavy atom. The Morgan fingerprint density at radius 1 is 1.11 bits per heavy atom. The highest BCUT2D eigenvalue weighted by atomic mass is 32.1. The van der Waals surface area contributed by atoms with E-state index in [0.717, 1.165) is 12.8 Å². The zero-order valence-corrected chi connectivity index (χ0v) is 13.5. The minimum Gasteiger partial charge on any atom is -0.468 e. The van der Waals surface area contributed by atoms with Crippen LogP contribution in [0, 0.1) is 0 Å². The van der Waals surface area contributed by atoms with Crippen LogP contribution in [0.3, 0.4) is 0 Å². The molecule has 0 fully saturated rings. The first-order valence-electron chi connectivity index (χ1n) is 7.54. The van der Waals surface area contributed by atoms with Crippen LogP contribution in [0.1, 0.15) is 78.6 Å². The first-order valence-corrected chi connectivity index (χ1v) is 7.95. The van der Waals surface area contributed by atoms with Crippen molar-refractivity contribution in [2.75, 3.05) is 0 Å². The van der Waals surface area contributed by atoms with Crippen LogP contribution in [-0.4, -0.2) is 17.2 Å². The summed E-state index contributed by atoms with van der Waals surface area (Å²) in [5.41, 5.74) is 0. The lowest BCUT2D eigenvalue weighted by Gasteiger charge is -2.14. The quantitative estimate of drug-likeness (QED) is 0.480. The fraction of sp³-hybridized carbons (Fsp3) is 0.867. The highest BCUT2D eigenvalue weighted by molar-refractivity contribution is 7.80. The van der Waals surface area contributed by atoms with Gasteiger partial charge in [0.15, 0.2) is 0 Å². The number of nitrogens with one attached hydrogen (secondary N) is 1. The number of thiocarbonyl (C=S) groups is 1. The molecule has 3 nitrogen and oxygen atoms in total. The van der Waals surface area contributed by atoms with E-state index in [0.29, 0.717) is 0 Å². The molecule has 0 aliphatic heterocycles. The molecule has 0 aliphatic rings. The van der Waals surface area contributed by atoms with Crippen LogP contribution in [0.15, 0.2) is 0 Å². The second kappa shape index (κ2) is 12.4. The SMILES string of the molecule is CCCCCCCCCCC(C)OC(=S)NC(C)=O. The highest BCUT2D eigenvalue weighted by Crippen LogP contribution is 2.11. The first kappa shape index (κ1) is 18.4. The van der Waals surface area contributed by atoms with Gasteiger partial charge in [0.25, 0.3) is 5.17 Å². The summed E-state index contributed by atoms with van der Waals surface area (Å²) in [7, 11) is 0. The molecule has 19 heavy (non-hydrogen) atoms. The fourth-order valence-corrected chi connectivity index (χ4v) is 2.29. The molecule has 0 radical (unpaired) electrons. The third kappa shape index (κ3) is 13.6. The van der Waals surface area contributed by atoms with Gasteiger partial charge in [-0.2, -0.15) is 0 Å². The number of hydrogen-bond donors (Lipinski definition) is 1. The van der Waals surface area contributed by atoms with E-state index < -0.39 is 0 Å². The predicted octanol–water partition coefficient (Wildman–Crippen LogP) is 4.34. The molecule has 0 saturated carbocycles. The zero-order valence-electron chi connectivity index (χ0n) is 12.7.